The minimum atomic E-state index is -1.99. The quantitative estimate of drug-likeness (QED) is 0.0297. The van der Waals surface area contributed by atoms with Gasteiger partial charge in [-0.05, 0) is 89.9 Å². The normalized spacial score (nSPS) is 30.9. The van der Waals surface area contributed by atoms with Crippen LogP contribution >= 0.6 is 0 Å². The highest BCUT2D eigenvalue weighted by molar-refractivity contribution is 5.76. The van der Waals surface area contributed by atoms with Crippen molar-refractivity contribution in [2.75, 3.05) is 26.4 Å². The van der Waals surface area contributed by atoms with Gasteiger partial charge in [-0.15, -0.1) is 0 Å². The lowest BCUT2D eigenvalue weighted by molar-refractivity contribution is -0.379. The molecule has 3 aliphatic heterocycles. The molecule has 1 amide bonds. The van der Waals surface area contributed by atoms with Crippen molar-refractivity contribution < 1.29 is 89.4 Å². The predicted molar refractivity (Wildman–Crippen MR) is 304 cm³/mol. The van der Waals surface area contributed by atoms with Crippen LogP contribution in [0.25, 0.3) is 0 Å². The van der Waals surface area contributed by atoms with Crippen LogP contribution in [0.3, 0.4) is 0 Å². The second kappa shape index (κ2) is 42.9. The molecule has 19 heteroatoms. The number of rotatable bonds is 39. The van der Waals surface area contributed by atoms with Crippen molar-refractivity contribution in [1.82, 2.24) is 5.32 Å². The van der Waals surface area contributed by atoms with E-state index in [4.69, 9.17) is 28.4 Å². The summed E-state index contributed by atoms with van der Waals surface area (Å²) in [6.07, 6.45) is 29.1. The SMILES string of the molecule is CC/C=C\C/C=C\C/C=C\C/C=C\C/C=C\C/C=C\C/C=C\CCCC(=O)NC(COC1OC(CO)C(OC2OC(CO)C(OC3OC(CO)C(O)C(O)C3O)C(O)C2O)C(O)C1O)C(O)/C=C/CC/C=C/CC/C=C/CCCC. The molecule has 0 aromatic rings. The van der Waals surface area contributed by atoms with Crippen molar-refractivity contribution >= 4 is 5.91 Å². The molecule has 0 saturated carbocycles. The molecule has 0 radical (unpaired) electrons. The minimum Gasteiger partial charge on any atom is -0.394 e. The number of allylic oxidation sites excluding steroid dienone is 19. The molecule has 3 rings (SSSR count). The van der Waals surface area contributed by atoms with Gasteiger partial charge in [-0.2, -0.15) is 0 Å². The predicted octanol–water partition coefficient (Wildman–Crippen LogP) is 4.53. The van der Waals surface area contributed by atoms with Crippen molar-refractivity contribution in [3.05, 3.63) is 122 Å². The van der Waals surface area contributed by atoms with Gasteiger partial charge >= 0.3 is 0 Å². The largest absolute Gasteiger partial charge is 0.394 e. The number of carbonyl (C=O) groups excluding carboxylic acids is 1. The Balaban J connectivity index is 1.53. The summed E-state index contributed by atoms with van der Waals surface area (Å²) >= 11 is 0. The van der Waals surface area contributed by atoms with E-state index in [0.717, 1.165) is 77.0 Å². The Hall–Kier alpha value is -3.81. The van der Waals surface area contributed by atoms with Gasteiger partial charge < -0.3 is 89.9 Å². The minimum absolute atomic E-state index is 0.143. The van der Waals surface area contributed by atoms with Crippen molar-refractivity contribution in [2.24, 2.45) is 0 Å². The second-order valence-electron chi connectivity index (χ2n) is 20.0. The van der Waals surface area contributed by atoms with Crippen LogP contribution in [0.1, 0.15) is 123 Å². The standard InChI is InChI=1S/C61H97NO18/c1-3-5-7-9-11-13-15-17-18-19-20-21-22-23-24-25-26-27-29-31-33-35-37-39-49(67)62-44(45(66)38-36-34-32-30-28-16-14-12-10-8-6-4-2)43-75-59-55(73)52(70)57(47(41-64)77-59)80-61-56(74)53(71)58(48(42-65)78-61)79-60-54(72)51(69)50(68)46(40-63)76-60/h5,7,10-13,17-18,20-21,23-24,26-28,30-31,33,36,38,44-48,50-61,63-66,68-74H,3-4,6,8-9,14-16,19,22,25,29,32,34-35,37,39-43H2,1-2H3,(H,62,67)/b7-5-,12-10+,13-11-,18-17-,21-20-,24-23-,27-26-,30-28+,33-31-,38-36+. The zero-order chi connectivity index (χ0) is 58.3. The maximum Gasteiger partial charge on any atom is 0.220 e. The topological polar surface area (TPSA) is 307 Å². The summed E-state index contributed by atoms with van der Waals surface area (Å²) in [5.74, 6) is -0.356. The third-order valence-electron chi connectivity index (χ3n) is 13.5. The van der Waals surface area contributed by atoms with Gasteiger partial charge in [-0.25, -0.2) is 0 Å². The second-order valence-corrected chi connectivity index (χ2v) is 20.0. The number of hydrogen-bond donors (Lipinski definition) is 12. The Morgan fingerprint density at radius 1 is 0.463 bits per heavy atom. The summed E-state index contributed by atoms with van der Waals surface area (Å²) < 4.78 is 34.1. The molecule has 3 fully saturated rings. The average Bonchev–Trinajstić information content (AvgIpc) is 3.45. The van der Waals surface area contributed by atoms with Crippen LogP contribution in [0.5, 0.6) is 0 Å². The van der Waals surface area contributed by atoms with Crippen LogP contribution in [0.4, 0.5) is 0 Å². The van der Waals surface area contributed by atoms with E-state index < -0.39 is 131 Å². The summed E-state index contributed by atoms with van der Waals surface area (Å²) in [7, 11) is 0. The van der Waals surface area contributed by atoms with E-state index in [1.807, 2.05) is 12.2 Å². The van der Waals surface area contributed by atoms with Crippen molar-refractivity contribution in [2.45, 2.75) is 227 Å². The molecule has 17 unspecified atom stereocenters. The molecule has 0 spiro atoms. The number of aliphatic hydroxyl groups excluding tert-OH is 11. The van der Waals surface area contributed by atoms with Crippen molar-refractivity contribution in [1.29, 1.82) is 0 Å². The van der Waals surface area contributed by atoms with E-state index in [-0.39, 0.29) is 12.3 Å². The average molecular weight is 1130 g/mol. The molecule has 0 aliphatic carbocycles. The van der Waals surface area contributed by atoms with Crippen molar-refractivity contribution in [3.63, 3.8) is 0 Å². The van der Waals surface area contributed by atoms with Crippen LogP contribution in [-0.4, -0.2) is 193 Å². The first kappa shape index (κ1) is 70.5. The molecular formula is C61H97NO18. The number of ether oxygens (including phenoxy) is 6. The Kier molecular flexibility index (Phi) is 37.8. The number of carbonyl (C=O) groups is 1. The molecule has 80 heavy (non-hydrogen) atoms. The monoisotopic (exact) mass is 1130 g/mol. The highest BCUT2D eigenvalue weighted by Crippen LogP contribution is 2.33. The first-order valence-corrected chi connectivity index (χ1v) is 28.8. The van der Waals surface area contributed by atoms with Crippen molar-refractivity contribution in [3.8, 4) is 0 Å². The highest BCUT2D eigenvalue weighted by atomic mass is 16.8. The van der Waals surface area contributed by atoms with Crippen LogP contribution in [0.15, 0.2) is 122 Å². The van der Waals surface area contributed by atoms with E-state index in [0.29, 0.717) is 19.3 Å². The Morgan fingerprint density at radius 2 is 0.850 bits per heavy atom. The number of amides is 1. The molecule has 0 aromatic carbocycles. The number of nitrogens with one attached hydrogen (secondary N) is 1. The Morgan fingerprint density at radius 3 is 1.32 bits per heavy atom. The maximum atomic E-state index is 13.3. The molecule has 19 nitrogen and oxygen atoms in total. The number of hydrogen-bond acceptors (Lipinski definition) is 18. The molecule has 17 atom stereocenters. The summed E-state index contributed by atoms with van der Waals surface area (Å²) in [5.41, 5.74) is 0. The number of aliphatic hydroxyl groups is 11. The van der Waals surface area contributed by atoms with Gasteiger partial charge in [0, 0.05) is 6.42 Å². The van der Waals surface area contributed by atoms with Crippen LogP contribution < -0.4 is 5.32 Å². The molecular weight excluding hydrogens is 1030 g/mol. The smallest absolute Gasteiger partial charge is 0.220 e. The zero-order valence-electron chi connectivity index (χ0n) is 47.0. The van der Waals surface area contributed by atoms with Crippen LogP contribution in [-0.2, 0) is 33.2 Å². The third-order valence-corrected chi connectivity index (χ3v) is 13.5. The summed E-state index contributed by atoms with van der Waals surface area (Å²) in [6, 6.07) is -1.03. The zero-order valence-corrected chi connectivity index (χ0v) is 47.0. The molecule has 3 saturated heterocycles. The van der Waals surface area contributed by atoms with E-state index in [1.54, 1.807) is 12.2 Å². The lowest BCUT2D eigenvalue weighted by Gasteiger charge is -2.48. The van der Waals surface area contributed by atoms with Crippen LogP contribution in [0.2, 0.25) is 0 Å². The fourth-order valence-electron chi connectivity index (χ4n) is 8.72. The maximum absolute atomic E-state index is 13.3. The van der Waals surface area contributed by atoms with E-state index in [9.17, 15) is 61.0 Å². The number of unbranched alkanes of at least 4 members (excludes halogenated alkanes) is 5. The summed E-state index contributed by atoms with van der Waals surface area (Å²) in [5, 5.41) is 120. The van der Waals surface area contributed by atoms with Gasteiger partial charge in [-0.1, -0.05) is 148 Å². The van der Waals surface area contributed by atoms with Crippen LogP contribution in [0, 0.1) is 0 Å². The lowest BCUT2D eigenvalue weighted by Crippen LogP contribution is -2.66. The lowest BCUT2D eigenvalue weighted by atomic mass is 9.96. The van der Waals surface area contributed by atoms with Gasteiger partial charge in [0.2, 0.25) is 5.91 Å². The van der Waals surface area contributed by atoms with Gasteiger partial charge in [0.05, 0.1) is 38.6 Å². The highest BCUT2D eigenvalue weighted by Gasteiger charge is 2.53. The fraction of sp³-hybridized carbons (Fsp3) is 0.656. The molecule has 0 aromatic heterocycles. The Labute approximate surface area is 474 Å². The van der Waals surface area contributed by atoms with E-state index in [2.05, 4.69) is 116 Å². The molecule has 12 N–H and O–H groups in total. The summed E-state index contributed by atoms with van der Waals surface area (Å²) in [6.45, 7) is 1.43. The molecule has 3 heterocycles. The molecule has 454 valence electrons. The van der Waals surface area contributed by atoms with Gasteiger partial charge in [-0.3, -0.25) is 4.79 Å². The Bertz CT molecular complexity index is 1930. The molecule has 3 aliphatic rings. The first-order chi connectivity index (χ1) is 38.8. The van der Waals surface area contributed by atoms with Gasteiger partial charge in [0.1, 0.15) is 73.2 Å². The summed E-state index contributed by atoms with van der Waals surface area (Å²) in [4.78, 5) is 13.3. The fourth-order valence-corrected chi connectivity index (χ4v) is 8.72. The first-order valence-electron chi connectivity index (χ1n) is 28.8. The molecule has 0 bridgehead atoms. The van der Waals surface area contributed by atoms with Gasteiger partial charge in [0.15, 0.2) is 18.9 Å². The van der Waals surface area contributed by atoms with Gasteiger partial charge in [0.25, 0.3) is 0 Å². The van der Waals surface area contributed by atoms with E-state index in [1.165, 1.54) is 6.42 Å². The van der Waals surface area contributed by atoms with E-state index >= 15 is 0 Å². The third kappa shape index (κ3) is 26.6.